The first-order valence-corrected chi connectivity index (χ1v) is 5.52. The third-order valence-corrected chi connectivity index (χ3v) is 2.24. The van der Waals surface area contributed by atoms with Crippen molar-refractivity contribution in [1.82, 2.24) is 5.01 Å². The van der Waals surface area contributed by atoms with Gasteiger partial charge >= 0.3 is 5.97 Å². The monoisotopic (exact) mass is 289 g/mol. The first-order valence-electron chi connectivity index (χ1n) is 5.52. The molecule has 0 heterocycles. The summed E-state index contributed by atoms with van der Waals surface area (Å²) in [5.41, 5.74) is 0. The molecule has 0 aliphatic rings. The highest BCUT2D eigenvalue weighted by atomic mass is 16.7. The van der Waals surface area contributed by atoms with Gasteiger partial charge in [-0.25, -0.2) is 10.6 Å². The number of unbranched alkanes of at least 4 members (excludes halogenated alkanes) is 1. The fourth-order valence-corrected chi connectivity index (χ4v) is 1.31. The largest absolute Gasteiger partial charge is 0.372 e. The summed E-state index contributed by atoms with van der Waals surface area (Å²) in [6, 6.07) is -0.845. The predicted molar refractivity (Wildman–Crippen MR) is 68.5 cm³/mol. The van der Waals surface area contributed by atoms with E-state index in [1.54, 1.807) is 0 Å². The molecule has 0 aromatic heterocycles. The van der Waals surface area contributed by atoms with E-state index in [-0.39, 0.29) is 5.96 Å². The number of rotatable bonds is 7. The molecule has 0 fully saturated rings. The van der Waals surface area contributed by atoms with E-state index in [9.17, 15) is 4.79 Å². The summed E-state index contributed by atoms with van der Waals surface area (Å²) in [5.74, 6) is 24.4. The minimum Gasteiger partial charge on any atom is -0.372 e. The molecule has 114 valence electrons. The summed E-state index contributed by atoms with van der Waals surface area (Å²) in [7, 11) is 0. The van der Waals surface area contributed by atoms with Crippen LogP contribution < -0.4 is 29.3 Å². The molecule has 0 bridgehead atoms. The average Bonchev–Trinajstić information content (AvgIpc) is 2.46. The molecule has 0 amide bonds. The van der Waals surface area contributed by atoms with Crippen molar-refractivity contribution in [2.45, 2.75) is 25.3 Å². The van der Waals surface area contributed by atoms with Gasteiger partial charge in [0.1, 0.15) is 0 Å². The lowest BCUT2D eigenvalue weighted by atomic mass is 10.1. The van der Waals surface area contributed by atoms with Gasteiger partial charge in [-0.15, -0.1) is 5.10 Å². The smallest absolute Gasteiger partial charge is 0.351 e. The number of hydrogen-bond donors (Lipinski definition) is 5. The number of nitrogens with two attached hydrogens (primary N) is 5. The molecule has 1 atom stereocenters. The van der Waals surface area contributed by atoms with Crippen molar-refractivity contribution < 1.29 is 9.63 Å². The molecule has 0 aromatic rings. The van der Waals surface area contributed by atoms with Crippen LogP contribution in [0.15, 0.2) is 25.8 Å². The molecule has 0 saturated heterocycles. The van der Waals surface area contributed by atoms with E-state index in [4.69, 9.17) is 29.3 Å². The van der Waals surface area contributed by atoms with Crippen LogP contribution in [-0.2, 0) is 9.63 Å². The second kappa shape index (κ2) is 10.4. The predicted octanol–water partition coefficient (Wildman–Crippen LogP) is -2.00. The first kappa shape index (κ1) is 17.5. The van der Waals surface area contributed by atoms with E-state index in [2.05, 4.69) is 30.6 Å². The number of hydrogen-bond acceptors (Lipinski definition) is 9. The van der Waals surface area contributed by atoms with Crippen LogP contribution in [0.25, 0.3) is 0 Å². The molecular formula is C7H19N11O2. The van der Waals surface area contributed by atoms with E-state index in [0.717, 1.165) is 5.01 Å². The first-order chi connectivity index (χ1) is 9.60. The van der Waals surface area contributed by atoms with E-state index < -0.39 is 12.0 Å². The highest BCUT2D eigenvalue weighted by molar-refractivity contribution is 5.79. The zero-order chi connectivity index (χ0) is 15.4. The standard InChI is InChI=1S/C7H19N11O2/c8-13-7(15-17-10)18(11)4-2-1-3-5(14-16-9)6(19)20-12/h5H,1-4,8,11-12H2,(H2,9,14)(H2,10,13,15)/t5-/m0/s1. The van der Waals surface area contributed by atoms with E-state index >= 15 is 0 Å². The lowest BCUT2D eigenvalue weighted by molar-refractivity contribution is -0.146. The number of hydrazone groups is 1. The van der Waals surface area contributed by atoms with Crippen LogP contribution in [0.3, 0.4) is 0 Å². The Labute approximate surface area is 114 Å². The lowest BCUT2D eigenvalue weighted by Crippen LogP contribution is -2.38. The molecule has 0 aliphatic carbocycles. The van der Waals surface area contributed by atoms with Gasteiger partial charge in [-0.2, -0.15) is 11.0 Å². The molecule has 13 heteroatoms. The minimum atomic E-state index is -0.845. The third-order valence-electron chi connectivity index (χ3n) is 2.24. The van der Waals surface area contributed by atoms with Crippen molar-refractivity contribution in [2.75, 3.05) is 6.54 Å². The van der Waals surface area contributed by atoms with Crippen LogP contribution in [0, 0.1) is 0 Å². The minimum absolute atomic E-state index is 0.0212. The third kappa shape index (κ3) is 6.41. The van der Waals surface area contributed by atoms with Crippen molar-refractivity contribution in [3.05, 3.63) is 0 Å². The second-order valence-corrected chi connectivity index (χ2v) is 3.52. The Morgan fingerprint density at radius 3 is 2.40 bits per heavy atom. The zero-order valence-electron chi connectivity index (χ0n) is 10.8. The normalized spacial score (nSPS) is 13.8. The summed E-state index contributed by atoms with van der Waals surface area (Å²) < 4.78 is 0. The van der Waals surface area contributed by atoms with Gasteiger partial charge in [-0.1, -0.05) is 15.6 Å². The second-order valence-electron chi connectivity index (χ2n) is 3.52. The van der Waals surface area contributed by atoms with Crippen LogP contribution in [0.5, 0.6) is 0 Å². The summed E-state index contributed by atoms with van der Waals surface area (Å²) in [6.07, 6.45) is 1.51. The van der Waals surface area contributed by atoms with Crippen molar-refractivity contribution in [3.63, 3.8) is 0 Å². The van der Waals surface area contributed by atoms with Crippen molar-refractivity contribution in [2.24, 2.45) is 55.0 Å². The molecule has 0 aromatic carbocycles. The quantitative estimate of drug-likeness (QED) is 0.0877. The van der Waals surface area contributed by atoms with Gasteiger partial charge in [0.2, 0.25) is 0 Å². The molecule has 0 radical (unpaired) electrons. The Morgan fingerprint density at radius 1 is 1.20 bits per heavy atom. The Hall–Kier alpha value is -2.54. The molecule has 0 aliphatic heterocycles. The van der Waals surface area contributed by atoms with Gasteiger partial charge in [0.25, 0.3) is 5.96 Å². The molecule has 0 spiro atoms. The topological polar surface area (TPSA) is 221 Å². The maximum atomic E-state index is 11.2. The van der Waals surface area contributed by atoms with E-state index in [1.807, 2.05) is 0 Å². The number of hydrazine groups is 1. The molecule has 0 unspecified atom stereocenters. The van der Waals surface area contributed by atoms with Crippen LogP contribution in [0.2, 0.25) is 0 Å². The molecular weight excluding hydrogens is 270 g/mol. The number of carbonyl (C=O) groups excluding carboxylic acids is 1. The van der Waals surface area contributed by atoms with Crippen molar-refractivity contribution in [3.8, 4) is 0 Å². The fourth-order valence-electron chi connectivity index (χ4n) is 1.31. The Kier molecular flexibility index (Phi) is 9.07. The van der Waals surface area contributed by atoms with Crippen LogP contribution >= 0.6 is 0 Å². The van der Waals surface area contributed by atoms with Crippen molar-refractivity contribution >= 4 is 11.9 Å². The van der Waals surface area contributed by atoms with Crippen molar-refractivity contribution in [1.29, 1.82) is 0 Å². The molecule has 0 rings (SSSR count). The fraction of sp³-hybridized carbons (Fsp3) is 0.714. The van der Waals surface area contributed by atoms with Gasteiger partial charge < -0.3 is 22.4 Å². The summed E-state index contributed by atoms with van der Waals surface area (Å²) in [5, 5.41) is 17.4. The lowest BCUT2D eigenvalue weighted by Gasteiger charge is -2.15. The zero-order valence-corrected chi connectivity index (χ0v) is 10.8. The number of guanidine groups is 1. The average molecular weight is 289 g/mol. The number of nitrogens with zero attached hydrogens (tertiary/aromatic N) is 6. The summed E-state index contributed by atoms with van der Waals surface area (Å²) >= 11 is 0. The SMILES string of the molecule is NN=NC(=NN)N(N)CCCC[C@H](N=NN)C(=O)ON. The highest BCUT2D eigenvalue weighted by Crippen LogP contribution is 2.07. The maximum Gasteiger partial charge on any atom is 0.351 e. The van der Waals surface area contributed by atoms with Gasteiger partial charge in [0.15, 0.2) is 6.04 Å². The van der Waals surface area contributed by atoms with Gasteiger partial charge in [-0.05, 0) is 19.3 Å². The van der Waals surface area contributed by atoms with Gasteiger partial charge in [-0.3, -0.25) is 5.01 Å². The molecule has 20 heavy (non-hydrogen) atoms. The molecule has 13 nitrogen and oxygen atoms in total. The van der Waals surface area contributed by atoms with Crippen LogP contribution in [0.4, 0.5) is 0 Å². The van der Waals surface area contributed by atoms with Crippen LogP contribution in [0.1, 0.15) is 19.3 Å². The summed E-state index contributed by atoms with van der Waals surface area (Å²) in [4.78, 5) is 15.3. The Balaban J connectivity index is 4.14. The maximum absolute atomic E-state index is 11.2. The highest BCUT2D eigenvalue weighted by Gasteiger charge is 2.18. The van der Waals surface area contributed by atoms with E-state index in [0.29, 0.717) is 25.8 Å². The number of carbonyl (C=O) groups is 1. The van der Waals surface area contributed by atoms with Gasteiger partial charge in [0, 0.05) is 6.54 Å². The Morgan fingerprint density at radius 2 is 1.90 bits per heavy atom. The molecule has 10 N–H and O–H groups in total. The molecule has 0 saturated carbocycles. The van der Waals surface area contributed by atoms with E-state index in [1.165, 1.54) is 0 Å². The van der Waals surface area contributed by atoms with Crippen LogP contribution in [-0.4, -0.2) is 29.5 Å². The van der Waals surface area contributed by atoms with Gasteiger partial charge in [0.05, 0.1) is 0 Å². The Bertz CT molecular complexity index is 368. The summed E-state index contributed by atoms with van der Waals surface area (Å²) in [6.45, 7) is 0.360.